The maximum atomic E-state index is 12.9. The number of benzene rings is 1. The molecule has 4 heterocycles. The van der Waals surface area contributed by atoms with Gasteiger partial charge >= 0.3 is 0 Å². The van der Waals surface area contributed by atoms with Crippen molar-refractivity contribution in [1.29, 1.82) is 0 Å². The molecule has 0 atom stereocenters. The summed E-state index contributed by atoms with van der Waals surface area (Å²) in [6.07, 6.45) is 5.10. The van der Waals surface area contributed by atoms with Gasteiger partial charge in [-0.2, -0.15) is 0 Å². The molecule has 0 radical (unpaired) electrons. The molecule has 2 fully saturated rings. The second-order valence-corrected chi connectivity index (χ2v) is 9.61. The summed E-state index contributed by atoms with van der Waals surface area (Å²) in [6, 6.07) is 8.29. The smallest absolute Gasteiger partial charge is 0.270 e. The quantitative estimate of drug-likeness (QED) is 0.668. The second-order valence-electron chi connectivity index (χ2n) is 8.73. The number of thiophene rings is 1. The highest BCUT2D eigenvalue weighted by atomic mass is 32.1. The molecular weight excluding hydrogens is 408 g/mol. The summed E-state index contributed by atoms with van der Waals surface area (Å²) in [4.78, 5) is 37.6. The number of likely N-dealkylation sites (tertiary alicyclic amines) is 1. The van der Waals surface area contributed by atoms with E-state index in [2.05, 4.69) is 39.9 Å². The van der Waals surface area contributed by atoms with E-state index in [9.17, 15) is 9.59 Å². The number of amides is 1. The van der Waals surface area contributed by atoms with Crippen LogP contribution in [0.3, 0.4) is 0 Å². The summed E-state index contributed by atoms with van der Waals surface area (Å²) in [5.74, 6) is 1.03. The maximum Gasteiger partial charge on any atom is 0.270 e. The molecule has 3 aromatic rings. The Morgan fingerprint density at radius 2 is 1.90 bits per heavy atom. The summed E-state index contributed by atoms with van der Waals surface area (Å²) in [7, 11) is 0. The average Bonchev–Trinajstić information content (AvgIpc) is 3.24. The minimum atomic E-state index is -0.0876. The van der Waals surface area contributed by atoms with E-state index in [-0.39, 0.29) is 11.5 Å². The first-order chi connectivity index (χ1) is 15.1. The predicted octanol–water partition coefficient (Wildman–Crippen LogP) is 4.19. The number of piperidine rings is 2. The van der Waals surface area contributed by atoms with Crippen molar-refractivity contribution >= 4 is 33.4 Å². The van der Waals surface area contributed by atoms with E-state index in [1.54, 1.807) is 0 Å². The molecule has 2 saturated heterocycles. The van der Waals surface area contributed by atoms with Gasteiger partial charge in [-0.3, -0.25) is 14.6 Å². The number of aromatic amines is 1. The third kappa shape index (κ3) is 3.99. The van der Waals surface area contributed by atoms with Crippen LogP contribution in [-0.2, 0) is 4.79 Å². The number of carbonyl (C=O) groups is 1. The van der Waals surface area contributed by atoms with E-state index in [1.165, 1.54) is 23.3 Å². The highest BCUT2D eigenvalue weighted by Crippen LogP contribution is 2.32. The van der Waals surface area contributed by atoms with Gasteiger partial charge in [-0.05, 0) is 44.6 Å². The summed E-state index contributed by atoms with van der Waals surface area (Å²) < 4.78 is 0.662. The SMILES string of the molecule is Cc1cccc(-c2csc3c(=O)[nH]c(N4CCC(C(=O)N5CCCCC5)CC4)nc23)c1. The van der Waals surface area contributed by atoms with Gasteiger partial charge in [-0.15, -0.1) is 11.3 Å². The van der Waals surface area contributed by atoms with Crippen molar-refractivity contribution in [3.05, 3.63) is 45.6 Å². The van der Waals surface area contributed by atoms with E-state index in [1.807, 2.05) is 11.4 Å². The van der Waals surface area contributed by atoms with Crippen molar-refractivity contribution in [1.82, 2.24) is 14.9 Å². The molecule has 0 aliphatic carbocycles. The molecular formula is C24H28N4O2S. The number of aryl methyl sites for hydroxylation is 1. The molecule has 1 aromatic carbocycles. The number of hydrogen-bond donors (Lipinski definition) is 1. The molecule has 0 saturated carbocycles. The number of rotatable bonds is 3. The lowest BCUT2D eigenvalue weighted by molar-refractivity contribution is -0.137. The number of fused-ring (bicyclic) bond motifs is 1. The monoisotopic (exact) mass is 436 g/mol. The maximum absolute atomic E-state index is 12.9. The molecule has 2 aliphatic rings. The summed E-state index contributed by atoms with van der Waals surface area (Å²) in [5.41, 5.74) is 3.95. The summed E-state index contributed by atoms with van der Waals surface area (Å²) >= 11 is 1.44. The number of nitrogens with one attached hydrogen (secondary N) is 1. The van der Waals surface area contributed by atoms with Crippen molar-refractivity contribution in [3.8, 4) is 11.1 Å². The molecule has 31 heavy (non-hydrogen) atoms. The second kappa shape index (κ2) is 8.46. The molecule has 0 unspecified atom stereocenters. The normalized spacial score (nSPS) is 18.0. The molecule has 7 heteroatoms. The Kier molecular flexibility index (Phi) is 5.52. The van der Waals surface area contributed by atoms with Crippen LogP contribution >= 0.6 is 11.3 Å². The Balaban J connectivity index is 1.37. The lowest BCUT2D eigenvalue weighted by Crippen LogP contribution is -2.44. The van der Waals surface area contributed by atoms with Crippen LogP contribution in [0, 0.1) is 12.8 Å². The molecule has 1 amide bonds. The topological polar surface area (TPSA) is 69.3 Å². The third-order valence-electron chi connectivity index (χ3n) is 6.55. The Bertz CT molecular complexity index is 1150. The molecule has 6 nitrogen and oxygen atoms in total. The van der Waals surface area contributed by atoms with E-state index in [0.29, 0.717) is 16.6 Å². The Morgan fingerprint density at radius 3 is 2.65 bits per heavy atom. The Morgan fingerprint density at radius 1 is 1.13 bits per heavy atom. The van der Waals surface area contributed by atoms with E-state index >= 15 is 0 Å². The number of H-pyrrole nitrogens is 1. The lowest BCUT2D eigenvalue weighted by atomic mass is 9.94. The lowest BCUT2D eigenvalue weighted by Gasteiger charge is -2.35. The van der Waals surface area contributed by atoms with Crippen LogP contribution in [0.15, 0.2) is 34.4 Å². The first-order valence-electron chi connectivity index (χ1n) is 11.2. The Labute approximate surface area is 185 Å². The zero-order valence-electron chi connectivity index (χ0n) is 17.9. The molecule has 162 valence electrons. The van der Waals surface area contributed by atoms with Crippen LogP contribution in [0.5, 0.6) is 0 Å². The first-order valence-corrected chi connectivity index (χ1v) is 12.1. The minimum Gasteiger partial charge on any atom is -0.342 e. The molecule has 5 rings (SSSR count). The number of anilines is 1. The zero-order valence-corrected chi connectivity index (χ0v) is 18.7. The van der Waals surface area contributed by atoms with Gasteiger partial charge in [0.15, 0.2) is 0 Å². The van der Waals surface area contributed by atoms with Gasteiger partial charge in [0, 0.05) is 43.0 Å². The van der Waals surface area contributed by atoms with Crippen molar-refractivity contribution in [2.24, 2.45) is 5.92 Å². The Hall–Kier alpha value is -2.67. The van der Waals surface area contributed by atoms with Gasteiger partial charge in [0.2, 0.25) is 11.9 Å². The fourth-order valence-electron chi connectivity index (χ4n) is 4.79. The van der Waals surface area contributed by atoms with Crippen LogP contribution in [0.25, 0.3) is 21.3 Å². The van der Waals surface area contributed by atoms with Crippen LogP contribution in [0.1, 0.15) is 37.7 Å². The standard InChI is InChI=1S/C24H28N4O2S/c1-16-6-5-7-18(14-16)19-15-31-21-20(19)25-24(26-22(21)29)28-12-8-17(9-13-28)23(30)27-10-3-2-4-11-27/h5-7,14-15,17H,2-4,8-13H2,1H3,(H,25,26,29). The van der Waals surface area contributed by atoms with Gasteiger partial charge < -0.3 is 9.80 Å². The summed E-state index contributed by atoms with van der Waals surface area (Å²) in [6.45, 7) is 5.36. The minimum absolute atomic E-state index is 0.0876. The average molecular weight is 437 g/mol. The largest absolute Gasteiger partial charge is 0.342 e. The molecule has 2 aromatic heterocycles. The van der Waals surface area contributed by atoms with Crippen LogP contribution in [0.4, 0.5) is 5.95 Å². The van der Waals surface area contributed by atoms with Crippen LogP contribution in [-0.4, -0.2) is 47.0 Å². The number of aromatic nitrogens is 2. The number of carbonyl (C=O) groups excluding carboxylic acids is 1. The summed E-state index contributed by atoms with van der Waals surface area (Å²) in [5, 5.41) is 2.02. The fourth-order valence-corrected chi connectivity index (χ4v) is 5.70. The fraction of sp³-hybridized carbons (Fsp3) is 0.458. The molecule has 0 bridgehead atoms. The van der Waals surface area contributed by atoms with E-state index < -0.39 is 0 Å². The van der Waals surface area contributed by atoms with Crippen molar-refractivity contribution in [2.75, 3.05) is 31.1 Å². The van der Waals surface area contributed by atoms with Crippen LogP contribution in [0.2, 0.25) is 0 Å². The predicted molar refractivity (Wildman–Crippen MR) is 126 cm³/mol. The van der Waals surface area contributed by atoms with E-state index in [4.69, 9.17) is 4.98 Å². The van der Waals surface area contributed by atoms with Gasteiger partial charge in [0.05, 0.1) is 5.52 Å². The third-order valence-corrected chi connectivity index (χ3v) is 7.52. The van der Waals surface area contributed by atoms with Crippen molar-refractivity contribution in [2.45, 2.75) is 39.0 Å². The first kappa shape index (κ1) is 20.2. The number of hydrogen-bond acceptors (Lipinski definition) is 5. The molecule has 1 N–H and O–H groups in total. The van der Waals surface area contributed by atoms with Crippen molar-refractivity contribution < 1.29 is 4.79 Å². The van der Waals surface area contributed by atoms with Crippen LogP contribution < -0.4 is 10.5 Å². The highest BCUT2D eigenvalue weighted by Gasteiger charge is 2.30. The molecule has 2 aliphatic heterocycles. The van der Waals surface area contributed by atoms with Gasteiger partial charge in [0.25, 0.3) is 5.56 Å². The highest BCUT2D eigenvalue weighted by molar-refractivity contribution is 7.17. The van der Waals surface area contributed by atoms with Gasteiger partial charge in [-0.1, -0.05) is 29.8 Å². The zero-order chi connectivity index (χ0) is 21.4. The van der Waals surface area contributed by atoms with Gasteiger partial charge in [0.1, 0.15) is 4.70 Å². The molecule has 0 spiro atoms. The number of nitrogens with zero attached hydrogens (tertiary/aromatic N) is 3. The van der Waals surface area contributed by atoms with E-state index in [0.717, 1.165) is 68.5 Å². The van der Waals surface area contributed by atoms with Crippen molar-refractivity contribution in [3.63, 3.8) is 0 Å². The van der Waals surface area contributed by atoms with Gasteiger partial charge in [-0.25, -0.2) is 4.98 Å².